The van der Waals surface area contributed by atoms with E-state index in [4.69, 9.17) is 26.1 Å². The zero-order valence-electron chi connectivity index (χ0n) is 17.5. The molecule has 0 unspecified atom stereocenters. The third kappa shape index (κ3) is 5.36. The van der Waals surface area contributed by atoms with Gasteiger partial charge in [0.2, 0.25) is 0 Å². The molecule has 0 aliphatic carbocycles. The topological polar surface area (TPSA) is 39.5 Å². The Morgan fingerprint density at radius 3 is 2.90 bits per heavy atom. The van der Waals surface area contributed by atoms with E-state index in [-0.39, 0.29) is 12.4 Å². The summed E-state index contributed by atoms with van der Waals surface area (Å²) < 4.78 is 13.0. The van der Waals surface area contributed by atoms with E-state index in [1.54, 1.807) is 18.4 Å². The van der Waals surface area contributed by atoms with Crippen LogP contribution in [0.2, 0.25) is 5.02 Å². The summed E-state index contributed by atoms with van der Waals surface area (Å²) in [6.45, 7) is 5.13. The molecule has 30 heavy (non-hydrogen) atoms. The average molecular weight is 470 g/mol. The largest absolute Gasteiger partial charge is 0.383 e. The van der Waals surface area contributed by atoms with Gasteiger partial charge in [-0.2, -0.15) is 0 Å². The highest BCUT2D eigenvalue weighted by Gasteiger charge is 2.20. The second kappa shape index (κ2) is 10.9. The molecule has 164 valence electrons. The van der Waals surface area contributed by atoms with Crippen LogP contribution in [0.1, 0.15) is 18.5 Å². The highest BCUT2D eigenvalue weighted by Crippen LogP contribution is 2.37. The van der Waals surface area contributed by atoms with Gasteiger partial charge in [-0.15, -0.1) is 23.7 Å². The highest BCUT2D eigenvalue weighted by molar-refractivity contribution is 7.13. The molecule has 0 radical (unpaired) electrons. The van der Waals surface area contributed by atoms with E-state index in [0.717, 1.165) is 73.5 Å². The fraction of sp³-hybridized carbons (Fsp3) is 0.500. The van der Waals surface area contributed by atoms with Crippen LogP contribution in [0.4, 0.5) is 0 Å². The van der Waals surface area contributed by atoms with Crippen LogP contribution in [-0.4, -0.2) is 55.0 Å². The van der Waals surface area contributed by atoms with Crippen LogP contribution in [0.3, 0.4) is 0 Å². The van der Waals surface area contributed by atoms with Gasteiger partial charge in [-0.1, -0.05) is 23.7 Å². The average Bonchev–Trinajstić information content (AvgIpc) is 3.32. The smallest absolute Gasteiger partial charge is 0.125 e. The van der Waals surface area contributed by atoms with E-state index in [2.05, 4.69) is 34.2 Å². The summed E-state index contributed by atoms with van der Waals surface area (Å²) in [5.74, 6) is 0.629. The van der Waals surface area contributed by atoms with Crippen molar-refractivity contribution in [1.82, 2.24) is 14.5 Å². The standard InChI is InChI=1S/C22H28ClN3O2S.ClH/c1-25(8-11-27-2)13-17-15-29-22(24-17)19-14-26(12-16-6-9-28-10-7-16)21-18(19)4-3-5-20(21)23;/h3-5,14-16H,6-13H2,1-2H3;1H. The Morgan fingerprint density at radius 2 is 2.13 bits per heavy atom. The SMILES string of the molecule is COCCN(C)Cc1csc(-c2cn(CC3CCOCC3)c3c(Cl)cccc23)n1.Cl. The molecule has 0 atom stereocenters. The van der Waals surface area contributed by atoms with Gasteiger partial charge in [0.05, 0.1) is 22.8 Å². The lowest BCUT2D eigenvalue weighted by Crippen LogP contribution is -2.22. The minimum atomic E-state index is 0. The fourth-order valence-corrected chi connectivity index (χ4v) is 5.06. The Bertz CT molecular complexity index is 953. The van der Waals surface area contributed by atoms with Crippen molar-refractivity contribution in [3.8, 4) is 10.6 Å². The fourth-order valence-electron chi connectivity index (χ4n) is 3.94. The normalized spacial score (nSPS) is 15.1. The van der Waals surface area contributed by atoms with Crippen LogP contribution in [0, 0.1) is 5.92 Å². The van der Waals surface area contributed by atoms with Crippen molar-refractivity contribution in [2.75, 3.05) is 40.5 Å². The van der Waals surface area contributed by atoms with Crippen LogP contribution < -0.4 is 0 Å². The van der Waals surface area contributed by atoms with Crippen LogP contribution in [0.15, 0.2) is 29.8 Å². The molecule has 1 aliphatic rings. The Kier molecular flexibility index (Phi) is 8.57. The summed E-state index contributed by atoms with van der Waals surface area (Å²) in [5, 5.41) is 5.19. The van der Waals surface area contributed by atoms with E-state index in [9.17, 15) is 0 Å². The molecule has 0 amide bonds. The van der Waals surface area contributed by atoms with Crippen molar-refractivity contribution in [2.45, 2.75) is 25.9 Å². The number of hydrogen-bond donors (Lipinski definition) is 0. The van der Waals surface area contributed by atoms with Gasteiger partial charge in [-0.05, 0) is 31.9 Å². The number of nitrogens with zero attached hydrogens (tertiary/aromatic N) is 3. The molecular weight excluding hydrogens is 441 g/mol. The number of hydrogen-bond acceptors (Lipinski definition) is 5. The van der Waals surface area contributed by atoms with Gasteiger partial charge < -0.3 is 14.0 Å². The Hall–Kier alpha value is -1.15. The van der Waals surface area contributed by atoms with Crippen molar-refractivity contribution in [3.63, 3.8) is 0 Å². The Morgan fingerprint density at radius 1 is 1.33 bits per heavy atom. The third-order valence-electron chi connectivity index (χ3n) is 5.54. The van der Waals surface area contributed by atoms with Crippen LogP contribution >= 0.6 is 35.3 Å². The molecule has 1 saturated heterocycles. The lowest BCUT2D eigenvalue weighted by Gasteiger charge is -2.23. The molecule has 3 aromatic rings. The minimum Gasteiger partial charge on any atom is -0.383 e. The van der Waals surface area contributed by atoms with Gasteiger partial charge in [-0.25, -0.2) is 4.98 Å². The third-order valence-corrected chi connectivity index (χ3v) is 6.77. The maximum Gasteiger partial charge on any atom is 0.125 e. The number of likely N-dealkylation sites (N-methyl/N-ethyl adjacent to an activating group) is 1. The first kappa shape index (κ1) is 23.5. The number of halogens is 2. The van der Waals surface area contributed by atoms with Gasteiger partial charge >= 0.3 is 0 Å². The first-order valence-corrected chi connectivity index (χ1v) is 11.4. The van der Waals surface area contributed by atoms with Gasteiger partial charge in [-0.3, -0.25) is 4.90 Å². The maximum absolute atomic E-state index is 6.62. The van der Waals surface area contributed by atoms with E-state index in [1.807, 2.05) is 12.1 Å². The molecule has 3 heterocycles. The summed E-state index contributed by atoms with van der Waals surface area (Å²) in [5.41, 5.74) is 3.38. The van der Waals surface area contributed by atoms with Crippen molar-refractivity contribution < 1.29 is 9.47 Å². The van der Waals surface area contributed by atoms with Crippen LogP contribution in [0.5, 0.6) is 0 Å². The molecule has 0 spiro atoms. The zero-order chi connectivity index (χ0) is 20.2. The van der Waals surface area contributed by atoms with Crippen molar-refractivity contribution in [3.05, 3.63) is 40.5 Å². The summed E-state index contributed by atoms with van der Waals surface area (Å²) in [6, 6.07) is 6.16. The van der Waals surface area contributed by atoms with E-state index < -0.39 is 0 Å². The molecule has 5 nitrogen and oxygen atoms in total. The summed E-state index contributed by atoms with van der Waals surface area (Å²) >= 11 is 8.33. The van der Waals surface area contributed by atoms with Gasteiger partial charge in [0.1, 0.15) is 5.01 Å². The summed E-state index contributed by atoms with van der Waals surface area (Å²) in [7, 11) is 3.83. The second-order valence-corrected chi connectivity index (χ2v) is 9.03. The minimum absolute atomic E-state index is 0. The number of rotatable bonds is 8. The molecule has 1 aliphatic heterocycles. The molecule has 0 saturated carbocycles. The first-order chi connectivity index (χ1) is 14.2. The molecule has 0 N–H and O–H groups in total. The van der Waals surface area contributed by atoms with E-state index in [0.29, 0.717) is 5.92 Å². The highest BCUT2D eigenvalue weighted by atomic mass is 35.5. The summed E-state index contributed by atoms with van der Waals surface area (Å²) in [4.78, 5) is 7.16. The number of fused-ring (bicyclic) bond motifs is 1. The number of ether oxygens (including phenoxy) is 2. The number of thiazole rings is 1. The van der Waals surface area contributed by atoms with Crippen LogP contribution in [-0.2, 0) is 22.6 Å². The van der Waals surface area contributed by atoms with Crippen molar-refractivity contribution >= 4 is 46.2 Å². The number of aromatic nitrogens is 2. The second-order valence-electron chi connectivity index (χ2n) is 7.76. The van der Waals surface area contributed by atoms with E-state index >= 15 is 0 Å². The predicted molar refractivity (Wildman–Crippen MR) is 127 cm³/mol. The predicted octanol–water partition coefficient (Wildman–Crippen LogP) is 5.34. The first-order valence-electron chi connectivity index (χ1n) is 10.1. The zero-order valence-corrected chi connectivity index (χ0v) is 19.9. The van der Waals surface area contributed by atoms with Gasteiger partial charge in [0.25, 0.3) is 0 Å². The van der Waals surface area contributed by atoms with Crippen LogP contribution in [0.25, 0.3) is 21.5 Å². The number of para-hydroxylation sites is 1. The molecule has 1 aromatic carbocycles. The quantitative estimate of drug-likeness (QED) is 0.445. The molecular formula is C22H29Cl2N3O2S. The van der Waals surface area contributed by atoms with Gasteiger partial charge in [0.15, 0.2) is 0 Å². The number of benzene rings is 1. The summed E-state index contributed by atoms with van der Waals surface area (Å²) in [6.07, 6.45) is 4.45. The molecule has 1 fully saturated rings. The molecule has 2 aromatic heterocycles. The lowest BCUT2D eigenvalue weighted by atomic mass is 10.0. The Balaban J connectivity index is 0.00000256. The Labute approximate surface area is 193 Å². The molecule has 4 rings (SSSR count). The van der Waals surface area contributed by atoms with Gasteiger partial charge in [0, 0.05) is 62.5 Å². The number of methoxy groups -OCH3 is 1. The molecule has 8 heteroatoms. The van der Waals surface area contributed by atoms with E-state index in [1.165, 1.54) is 10.9 Å². The lowest BCUT2D eigenvalue weighted by molar-refractivity contribution is 0.0616. The maximum atomic E-state index is 6.62. The van der Waals surface area contributed by atoms with Crippen molar-refractivity contribution in [1.29, 1.82) is 0 Å². The molecule has 0 bridgehead atoms. The van der Waals surface area contributed by atoms with Crippen molar-refractivity contribution in [2.24, 2.45) is 5.92 Å². The monoisotopic (exact) mass is 469 g/mol.